The van der Waals surface area contributed by atoms with Crippen LogP contribution in [0.4, 0.5) is 13.2 Å². The summed E-state index contributed by atoms with van der Waals surface area (Å²) in [5, 5.41) is 10.4. The predicted octanol–water partition coefficient (Wildman–Crippen LogP) is 4.65. The Hall–Kier alpha value is -2.87. The van der Waals surface area contributed by atoms with Gasteiger partial charge < -0.3 is 9.67 Å². The van der Waals surface area contributed by atoms with Crippen LogP contribution in [0.1, 0.15) is 16.1 Å². The molecule has 1 N–H and O–H groups in total. The number of thiazole rings is 1. The van der Waals surface area contributed by atoms with Gasteiger partial charge in [-0.2, -0.15) is 0 Å². The molecular weight excluding hydrogens is 377 g/mol. The summed E-state index contributed by atoms with van der Waals surface area (Å²) in [5.74, 6) is -4.26. The first kappa shape index (κ1) is 17.5. The zero-order valence-electron chi connectivity index (χ0n) is 14.1. The Morgan fingerprint density at radius 1 is 1.22 bits per heavy atom. The highest BCUT2D eigenvalue weighted by Gasteiger charge is 2.19. The quantitative estimate of drug-likeness (QED) is 0.516. The SMILES string of the molecule is Cc1ccc2c(Cc3nc4c(F)c(F)cc(F)c4s3)cn(CC(=O)O)c2c1. The van der Waals surface area contributed by atoms with Crippen molar-refractivity contribution in [1.82, 2.24) is 9.55 Å². The van der Waals surface area contributed by atoms with Crippen LogP contribution in [0, 0.1) is 24.4 Å². The van der Waals surface area contributed by atoms with E-state index >= 15 is 0 Å². The largest absolute Gasteiger partial charge is 0.480 e. The summed E-state index contributed by atoms with van der Waals surface area (Å²) in [7, 11) is 0. The molecule has 0 aliphatic heterocycles. The van der Waals surface area contributed by atoms with Crippen LogP contribution in [-0.4, -0.2) is 20.6 Å². The van der Waals surface area contributed by atoms with Crippen LogP contribution in [0.5, 0.6) is 0 Å². The molecule has 0 bridgehead atoms. The molecule has 0 amide bonds. The molecule has 27 heavy (non-hydrogen) atoms. The van der Waals surface area contributed by atoms with E-state index in [2.05, 4.69) is 4.98 Å². The molecule has 0 spiro atoms. The van der Waals surface area contributed by atoms with Gasteiger partial charge in [-0.25, -0.2) is 18.2 Å². The third kappa shape index (κ3) is 3.06. The second-order valence-electron chi connectivity index (χ2n) is 6.31. The number of aryl methyl sites for hydroxylation is 1. The summed E-state index contributed by atoms with van der Waals surface area (Å²) in [6, 6.07) is 6.19. The van der Waals surface area contributed by atoms with E-state index in [1.807, 2.05) is 25.1 Å². The van der Waals surface area contributed by atoms with Crippen LogP contribution in [0.15, 0.2) is 30.5 Å². The monoisotopic (exact) mass is 390 g/mol. The maximum absolute atomic E-state index is 13.9. The Kier molecular flexibility index (Phi) is 4.15. The molecule has 2 aromatic heterocycles. The molecule has 8 heteroatoms. The van der Waals surface area contributed by atoms with Crippen molar-refractivity contribution in [1.29, 1.82) is 0 Å². The van der Waals surface area contributed by atoms with Crippen LogP contribution in [-0.2, 0) is 17.8 Å². The number of fused-ring (bicyclic) bond motifs is 2. The smallest absolute Gasteiger partial charge is 0.323 e. The lowest BCUT2D eigenvalue weighted by Crippen LogP contribution is -2.07. The second kappa shape index (κ2) is 6.38. The molecule has 0 unspecified atom stereocenters. The number of carboxylic acids is 1. The highest BCUT2D eigenvalue weighted by Crippen LogP contribution is 2.32. The van der Waals surface area contributed by atoms with Crippen LogP contribution in [0.2, 0.25) is 0 Å². The molecule has 0 fully saturated rings. The first-order valence-electron chi connectivity index (χ1n) is 8.06. The van der Waals surface area contributed by atoms with E-state index in [1.54, 1.807) is 10.8 Å². The minimum absolute atomic E-state index is 0.0333. The first-order valence-corrected chi connectivity index (χ1v) is 8.88. The lowest BCUT2D eigenvalue weighted by Gasteiger charge is -2.01. The van der Waals surface area contributed by atoms with Gasteiger partial charge in [0.1, 0.15) is 17.9 Å². The summed E-state index contributed by atoms with van der Waals surface area (Å²) in [6.07, 6.45) is 1.96. The molecule has 0 atom stereocenters. The fraction of sp³-hybridized carbons (Fsp3) is 0.158. The Morgan fingerprint density at radius 2 is 2.00 bits per heavy atom. The van der Waals surface area contributed by atoms with Crippen molar-refractivity contribution in [2.24, 2.45) is 0 Å². The molecule has 4 rings (SSSR count). The fourth-order valence-electron chi connectivity index (χ4n) is 3.16. The van der Waals surface area contributed by atoms with E-state index in [4.69, 9.17) is 5.11 Å². The Balaban J connectivity index is 1.82. The molecule has 2 heterocycles. The van der Waals surface area contributed by atoms with Gasteiger partial charge in [0.25, 0.3) is 0 Å². The Labute approximate surface area is 155 Å². The second-order valence-corrected chi connectivity index (χ2v) is 7.40. The van der Waals surface area contributed by atoms with Crippen molar-refractivity contribution in [3.8, 4) is 0 Å². The molecule has 0 aliphatic rings. The molecule has 4 nitrogen and oxygen atoms in total. The van der Waals surface area contributed by atoms with E-state index < -0.39 is 23.4 Å². The number of hydrogen-bond donors (Lipinski definition) is 1. The fourth-order valence-corrected chi connectivity index (χ4v) is 4.15. The van der Waals surface area contributed by atoms with E-state index in [-0.39, 0.29) is 23.2 Å². The van der Waals surface area contributed by atoms with Gasteiger partial charge in [0.05, 0.1) is 9.71 Å². The molecule has 0 aliphatic carbocycles. The highest BCUT2D eigenvalue weighted by atomic mass is 32.1. The van der Waals surface area contributed by atoms with E-state index in [1.165, 1.54) is 0 Å². The van der Waals surface area contributed by atoms with Crippen LogP contribution >= 0.6 is 11.3 Å². The number of benzene rings is 2. The number of carbonyl (C=O) groups is 1. The number of hydrogen-bond acceptors (Lipinski definition) is 3. The molecule has 138 valence electrons. The zero-order valence-corrected chi connectivity index (χ0v) is 14.9. The molecular formula is C19H13F3N2O2S. The topological polar surface area (TPSA) is 55.1 Å². The predicted molar refractivity (Wildman–Crippen MR) is 96.6 cm³/mol. The van der Waals surface area contributed by atoms with Gasteiger partial charge in [0.15, 0.2) is 11.6 Å². The normalized spacial score (nSPS) is 11.6. The van der Waals surface area contributed by atoms with Gasteiger partial charge in [-0.3, -0.25) is 4.79 Å². The van der Waals surface area contributed by atoms with Crippen molar-refractivity contribution in [2.45, 2.75) is 19.9 Å². The lowest BCUT2D eigenvalue weighted by molar-refractivity contribution is -0.137. The third-order valence-electron chi connectivity index (χ3n) is 4.33. The molecule has 2 aromatic carbocycles. The first-order chi connectivity index (χ1) is 12.8. The van der Waals surface area contributed by atoms with E-state index in [0.717, 1.165) is 33.4 Å². The summed E-state index contributed by atoms with van der Waals surface area (Å²) in [6.45, 7) is 1.71. The van der Waals surface area contributed by atoms with E-state index in [0.29, 0.717) is 11.1 Å². The summed E-state index contributed by atoms with van der Waals surface area (Å²) < 4.78 is 42.8. The molecule has 4 aromatic rings. The van der Waals surface area contributed by atoms with Gasteiger partial charge in [-0.15, -0.1) is 11.3 Å². The third-order valence-corrected chi connectivity index (χ3v) is 5.39. The van der Waals surface area contributed by atoms with Crippen LogP contribution in [0.3, 0.4) is 0 Å². The van der Waals surface area contributed by atoms with Crippen molar-refractivity contribution in [2.75, 3.05) is 0 Å². The number of halogens is 3. The van der Waals surface area contributed by atoms with Gasteiger partial charge in [0, 0.05) is 29.6 Å². The summed E-state index contributed by atoms with van der Waals surface area (Å²) in [5.41, 5.74) is 2.21. The molecule has 0 saturated heterocycles. The number of carboxylic acid groups (broad SMARTS) is 1. The van der Waals surface area contributed by atoms with Crippen molar-refractivity contribution >= 4 is 38.4 Å². The Morgan fingerprint density at radius 3 is 2.74 bits per heavy atom. The minimum Gasteiger partial charge on any atom is -0.480 e. The zero-order chi connectivity index (χ0) is 19.3. The molecule has 0 saturated carbocycles. The maximum atomic E-state index is 13.9. The average molecular weight is 390 g/mol. The van der Waals surface area contributed by atoms with Crippen LogP contribution in [0.25, 0.3) is 21.1 Å². The lowest BCUT2D eigenvalue weighted by atomic mass is 10.1. The Bertz CT molecular complexity index is 1210. The van der Waals surface area contributed by atoms with Crippen molar-refractivity contribution in [3.05, 3.63) is 64.0 Å². The van der Waals surface area contributed by atoms with Gasteiger partial charge in [0.2, 0.25) is 0 Å². The number of nitrogens with zero attached hydrogens (tertiary/aromatic N) is 2. The summed E-state index contributed by atoms with van der Waals surface area (Å²) in [4.78, 5) is 15.2. The van der Waals surface area contributed by atoms with E-state index in [9.17, 15) is 18.0 Å². The van der Waals surface area contributed by atoms with Gasteiger partial charge in [-0.1, -0.05) is 12.1 Å². The minimum atomic E-state index is -1.27. The van der Waals surface area contributed by atoms with Crippen molar-refractivity contribution < 1.29 is 23.1 Å². The van der Waals surface area contributed by atoms with Gasteiger partial charge in [-0.05, 0) is 24.1 Å². The number of aliphatic carboxylic acids is 1. The molecule has 0 radical (unpaired) electrons. The van der Waals surface area contributed by atoms with Crippen molar-refractivity contribution in [3.63, 3.8) is 0 Å². The summed E-state index contributed by atoms with van der Waals surface area (Å²) >= 11 is 0.958. The maximum Gasteiger partial charge on any atom is 0.323 e. The standard InChI is InChI=1S/C19H13F3N2O2S/c1-9-2-3-11-10(7-24(8-16(25)26)14(11)4-9)5-15-23-18-17(22)12(20)6-13(21)19(18)27-15/h2-4,6-7H,5,8H2,1H3,(H,25,26). The highest BCUT2D eigenvalue weighted by molar-refractivity contribution is 7.18. The van der Waals surface area contributed by atoms with Crippen LogP contribution < -0.4 is 0 Å². The van der Waals surface area contributed by atoms with Gasteiger partial charge >= 0.3 is 5.97 Å². The number of rotatable bonds is 4. The number of aromatic nitrogens is 2. The average Bonchev–Trinajstić information content (AvgIpc) is 3.15.